The number of amides is 1. The molecule has 3 aromatic heterocycles. The van der Waals surface area contributed by atoms with E-state index in [0.29, 0.717) is 11.4 Å². The number of hydrogen-bond donors (Lipinski definition) is 2. The van der Waals surface area contributed by atoms with E-state index in [9.17, 15) is 13.6 Å². The van der Waals surface area contributed by atoms with Crippen LogP contribution in [0.1, 0.15) is 49.6 Å². The Morgan fingerprint density at radius 1 is 1.05 bits per heavy atom. The van der Waals surface area contributed by atoms with Crippen molar-refractivity contribution in [1.82, 2.24) is 30.3 Å². The molecular weight excluding hydrogens is 478 g/mol. The Bertz CT molecular complexity index is 1390. The van der Waals surface area contributed by atoms with Gasteiger partial charge in [-0.2, -0.15) is 15.3 Å². The molecule has 4 rings (SSSR count). The second kappa shape index (κ2) is 11.3. The number of rotatable bonds is 9. The number of aliphatic hydroxyl groups excluding tert-OH is 1. The molecule has 0 radical (unpaired) electrons. The fourth-order valence-corrected chi connectivity index (χ4v) is 4.05. The number of benzene rings is 1. The van der Waals surface area contributed by atoms with Gasteiger partial charge in [-0.15, -0.1) is 0 Å². The average molecular weight is 507 g/mol. The van der Waals surface area contributed by atoms with E-state index in [1.54, 1.807) is 18.5 Å². The van der Waals surface area contributed by atoms with Crippen LogP contribution in [0.3, 0.4) is 0 Å². The minimum absolute atomic E-state index is 0.0262. The van der Waals surface area contributed by atoms with Crippen molar-refractivity contribution >= 4 is 5.91 Å². The highest BCUT2D eigenvalue weighted by Gasteiger charge is 2.22. The fraction of sp³-hybridized carbons (Fsp3) is 0.296. The van der Waals surface area contributed by atoms with Crippen LogP contribution in [0.25, 0.3) is 22.5 Å². The van der Waals surface area contributed by atoms with Crippen molar-refractivity contribution in [2.45, 2.75) is 39.2 Å². The maximum atomic E-state index is 14.4. The number of carbonyl (C=O) groups is 1. The summed E-state index contributed by atoms with van der Waals surface area (Å²) in [5.74, 6) is -1.85. The van der Waals surface area contributed by atoms with E-state index in [2.05, 4.69) is 20.6 Å². The van der Waals surface area contributed by atoms with E-state index in [1.807, 2.05) is 39.0 Å². The summed E-state index contributed by atoms with van der Waals surface area (Å²) in [7, 11) is 0. The highest BCUT2D eigenvalue weighted by Crippen LogP contribution is 2.33. The lowest BCUT2D eigenvalue weighted by Crippen LogP contribution is -2.30. The van der Waals surface area contributed by atoms with Gasteiger partial charge in [0.05, 0.1) is 35.4 Å². The molecule has 0 aliphatic rings. The summed E-state index contributed by atoms with van der Waals surface area (Å²) in [5, 5.41) is 24.2. The molecule has 0 saturated carbocycles. The van der Waals surface area contributed by atoms with Crippen LogP contribution in [0.2, 0.25) is 0 Å². The molecule has 1 atom stereocenters. The van der Waals surface area contributed by atoms with Gasteiger partial charge in [-0.05, 0) is 41.8 Å². The normalized spacial score (nSPS) is 12.1. The number of hydrogen-bond acceptors (Lipinski definition) is 6. The zero-order valence-corrected chi connectivity index (χ0v) is 20.8. The first-order valence-electron chi connectivity index (χ1n) is 12.0. The number of aromatic nitrogens is 5. The Morgan fingerprint density at radius 2 is 1.78 bits per heavy atom. The lowest BCUT2D eigenvalue weighted by molar-refractivity contribution is -0.122. The van der Waals surface area contributed by atoms with Gasteiger partial charge in [0.25, 0.3) is 0 Å². The first kappa shape index (κ1) is 26.0. The molecule has 2 N–H and O–H groups in total. The summed E-state index contributed by atoms with van der Waals surface area (Å²) in [6.45, 7) is 6.02. The quantitative estimate of drug-likeness (QED) is 0.355. The average Bonchev–Trinajstić information content (AvgIpc) is 3.35. The molecular formula is C27H28F2N6O2. The van der Waals surface area contributed by atoms with Crippen LogP contribution in [-0.4, -0.2) is 49.1 Å². The molecule has 0 bridgehead atoms. The van der Waals surface area contributed by atoms with E-state index in [-0.39, 0.29) is 48.7 Å². The third-order valence-electron chi connectivity index (χ3n) is 5.99. The van der Waals surface area contributed by atoms with Crippen LogP contribution in [0.4, 0.5) is 8.78 Å². The van der Waals surface area contributed by atoms with Crippen LogP contribution in [0, 0.1) is 11.6 Å². The van der Waals surface area contributed by atoms with Crippen molar-refractivity contribution in [2.75, 3.05) is 13.2 Å². The molecule has 192 valence electrons. The molecule has 0 fully saturated rings. The number of carbonyl (C=O) groups excluding carboxylic acids is 1. The van der Waals surface area contributed by atoms with Crippen molar-refractivity contribution < 1.29 is 18.7 Å². The van der Waals surface area contributed by atoms with E-state index in [0.717, 1.165) is 16.8 Å². The summed E-state index contributed by atoms with van der Waals surface area (Å²) in [4.78, 5) is 16.7. The SMILES string of the molecule is CC(C)c1cc(-c2c(F)cccc2F)nnc1C(C)c1cccc(-c2cnn(CC(=O)NCCO)c2)n1. The van der Waals surface area contributed by atoms with E-state index >= 15 is 0 Å². The molecule has 3 heterocycles. The lowest BCUT2D eigenvalue weighted by Gasteiger charge is -2.18. The molecule has 1 unspecified atom stereocenters. The molecule has 1 amide bonds. The van der Waals surface area contributed by atoms with Crippen LogP contribution >= 0.6 is 0 Å². The molecule has 10 heteroatoms. The van der Waals surface area contributed by atoms with Crippen molar-refractivity contribution in [1.29, 1.82) is 0 Å². The third kappa shape index (κ3) is 5.86. The zero-order chi connectivity index (χ0) is 26.5. The van der Waals surface area contributed by atoms with Gasteiger partial charge in [0.2, 0.25) is 5.91 Å². The second-order valence-electron chi connectivity index (χ2n) is 8.99. The lowest BCUT2D eigenvalue weighted by atomic mass is 9.91. The Morgan fingerprint density at radius 3 is 2.49 bits per heavy atom. The van der Waals surface area contributed by atoms with Gasteiger partial charge in [-0.25, -0.2) is 8.78 Å². The van der Waals surface area contributed by atoms with Gasteiger partial charge in [0.15, 0.2) is 0 Å². The predicted octanol–water partition coefficient (Wildman–Crippen LogP) is 4.06. The van der Waals surface area contributed by atoms with Crippen molar-refractivity contribution in [3.63, 3.8) is 0 Å². The van der Waals surface area contributed by atoms with Crippen LogP contribution < -0.4 is 5.32 Å². The molecule has 0 aliphatic carbocycles. The first-order valence-corrected chi connectivity index (χ1v) is 12.0. The Hall–Kier alpha value is -4.05. The van der Waals surface area contributed by atoms with Gasteiger partial charge in [0, 0.05) is 29.9 Å². The van der Waals surface area contributed by atoms with Crippen molar-refractivity contribution in [3.05, 3.63) is 83.4 Å². The number of nitrogens with one attached hydrogen (secondary N) is 1. The topological polar surface area (TPSA) is 106 Å². The largest absolute Gasteiger partial charge is 0.395 e. The Kier molecular flexibility index (Phi) is 7.98. The number of halogens is 2. The van der Waals surface area contributed by atoms with Gasteiger partial charge in [-0.3, -0.25) is 14.5 Å². The number of nitrogens with zero attached hydrogens (tertiary/aromatic N) is 5. The summed E-state index contributed by atoms with van der Waals surface area (Å²) in [6, 6.07) is 11.0. The van der Waals surface area contributed by atoms with Crippen LogP contribution in [0.15, 0.2) is 54.9 Å². The van der Waals surface area contributed by atoms with E-state index in [1.165, 1.54) is 22.9 Å². The Labute approximate surface area is 213 Å². The predicted molar refractivity (Wildman–Crippen MR) is 135 cm³/mol. The monoisotopic (exact) mass is 506 g/mol. The highest BCUT2D eigenvalue weighted by atomic mass is 19.1. The van der Waals surface area contributed by atoms with Gasteiger partial charge >= 0.3 is 0 Å². The second-order valence-corrected chi connectivity index (χ2v) is 8.99. The zero-order valence-electron chi connectivity index (χ0n) is 20.8. The third-order valence-corrected chi connectivity index (χ3v) is 5.99. The molecule has 8 nitrogen and oxygen atoms in total. The minimum Gasteiger partial charge on any atom is -0.395 e. The van der Waals surface area contributed by atoms with E-state index in [4.69, 9.17) is 10.1 Å². The maximum absolute atomic E-state index is 14.4. The number of pyridine rings is 1. The molecule has 4 aromatic rings. The van der Waals surface area contributed by atoms with Crippen LogP contribution in [0.5, 0.6) is 0 Å². The summed E-state index contributed by atoms with van der Waals surface area (Å²) >= 11 is 0. The van der Waals surface area contributed by atoms with Crippen LogP contribution in [-0.2, 0) is 11.3 Å². The maximum Gasteiger partial charge on any atom is 0.241 e. The van der Waals surface area contributed by atoms with Gasteiger partial charge in [-0.1, -0.05) is 32.9 Å². The smallest absolute Gasteiger partial charge is 0.241 e. The molecule has 1 aromatic carbocycles. The number of aliphatic hydroxyl groups is 1. The summed E-state index contributed by atoms with van der Waals surface area (Å²) in [6.07, 6.45) is 3.36. The van der Waals surface area contributed by atoms with Gasteiger partial charge in [0.1, 0.15) is 18.2 Å². The Balaban J connectivity index is 1.62. The standard InChI is InChI=1S/C27H28F2N6O2/c1-16(2)19-12-24(26-20(28)6-4-7-21(26)29)33-34-27(19)17(3)22-8-5-9-23(32-22)18-13-31-35(14-18)15-25(37)30-10-11-36/h4-9,12-14,16-17,36H,10-11,15H2,1-3H3,(H,30,37). The van der Waals surface area contributed by atoms with Gasteiger partial charge < -0.3 is 10.4 Å². The summed E-state index contributed by atoms with van der Waals surface area (Å²) < 4.78 is 30.2. The molecule has 0 spiro atoms. The first-order chi connectivity index (χ1) is 17.8. The minimum atomic E-state index is -0.689. The molecule has 37 heavy (non-hydrogen) atoms. The molecule has 0 saturated heterocycles. The fourth-order valence-electron chi connectivity index (χ4n) is 4.05. The highest BCUT2D eigenvalue weighted by molar-refractivity contribution is 5.75. The van der Waals surface area contributed by atoms with Crippen molar-refractivity contribution in [2.24, 2.45) is 0 Å². The van der Waals surface area contributed by atoms with E-state index < -0.39 is 11.6 Å². The van der Waals surface area contributed by atoms with Crippen molar-refractivity contribution in [3.8, 4) is 22.5 Å². The molecule has 0 aliphatic heterocycles. The summed E-state index contributed by atoms with van der Waals surface area (Å²) in [5.41, 5.74) is 3.61.